The second-order valence-corrected chi connectivity index (χ2v) is 6.73. The summed E-state index contributed by atoms with van der Waals surface area (Å²) in [5.74, 6) is -1.35. The lowest BCUT2D eigenvalue weighted by atomic mass is 9.73. The van der Waals surface area contributed by atoms with Gasteiger partial charge in [0, 0.05) is 0 Å². The average Bonchev–Trinajstić information content (AvgIpc) is 2.82. The maximum Gasteiger partial charge on any atom is 0.326 e. The Hall–Kier alpha value is -2.44. The fraction of sp³-hybridized carbons (Fsp3) is 0.500. The highest BCUT2D eigenvalue weighted by Crippen LogP contribution is 2.38. The third kappa shape index (κ3) is 3.36. The van der Waals surface area contributed by atoms with Gasteiger partial charge in [-0.05, 0) is 36.5 Å². The summed E-state index contributed by atoms with van der Waals surface area (Å²) in [6, 6.07) is 5.02. The van der Waals surface area contributed by atoms with Crippen LogP contribution in [0.2, 0.25) is 0 Å². The number of halogens is 1. The van der Waals surface area contributed by atoms with E-state index in [2.05, 4.69) is 5.32 Å². The third-order valence-corrected chi connectivity index (χ3v) is 5.10. The second kappa shape index (κ2) is 6.82. The van der Waals surface area contributed by atoms with E-state index < -0.39 is 24.1 Å². The van der Waals surface area contributed by atoms with E-state index in [0.29, 0.717) is 12.0 Å². The number of nitrogens with zero attached hydrogens (tertiary/aromatic N) is 1. The Bertz CT molecular complexity index is 691. The van der Waals surface area contributed by atoms with Gasteiger partial charge in [-0.25, -0.2) is 9.18 Å². The first-order valence-electron chi connectivity index (χ1n) is 8.46. The largest absolute Gasteiger partial charge is 0.459 e. The van der Waals surface area contributed by atoms with Gasteiger partial charge in [0.05, 0.1) is 0 Å². The van der Waals surface area contributed by atoms with Crippen LogP contribution in [0.25, 0.3) is 0 Å². The van der Waals surface area contributed by atoms with Crippen molar-refractivity contribution in [2.45, 2.75) is 44.8 Å². The van der Waals surface area contributed by atoms with Crippen LogP contribution in [0.5, 0.6) is 0 Å². The fourth-order valence-electron chi connectivity index (χ4n) is 3.56. The molecule has 6 nitrogen and oxygen atoms in total. The van der Waals surface area contributed by atoms with Gasteiger partial charge in [-0.15, -0.1) is 0 Å². The number of ether oxygens (including phenoxy) is 1. The van der Waals surface area contributed by atoms with Gasteiger partial charge in [0.2, 0.25) is 0 Å². The van der Waals surface area contributed by atoms with Crippen molar-refractivity contribution in [3.05, 3.63) is 35.6 Å². The van der Waals surface area contributed by atoms with Gasteiger partial charge in [0.15, 0.2) is 0 Å². The van der Waals surface area contributed by atoms with Gasteiger partial charge < -0.3 is 10.1 Å². The predicted octanol–water partition coefficient (Wildman–Crippen LogP) is 2.37. The van der Waals surface area contributed by atoms with Crippen molar-refractivity contribution in [1.29, 1.82) is 0 Å². The Labute approximate surface area is 145 Å². The zero-order chi connectivity index (χ0) is 18.0. The highest BCUT2D eigenvalue weighted by molar-refractivity contribution is 6.08. The van der Waals surface area contributed by atoms with E-state index in [1.807, 2.05) is 6.92 Å². The minimum atomic E-state index is -0.882. The molecule has 1 N–H and O–H groups in total. The van der Waals surface area contributed by atoms with Gasteiger partial charge >= 0.3 is 12.0 Å². The number of amides is 3. The van der Waals surface area contributed by atoms with Crippen molar-refractivity contribution < 1.29 is 23.5 Å². The molecule has 3 amide bonds. The molecule has 2 atom stereocenters. The second-order valence-electron chi connectivity index (χ2n) is 6.73. The van der Waals surface area contributed by atoms with E-state index in [4.69, 9.17) is 4.74 Å². The molecule has 1 spiro atoms. The third-order valence-electron chi connectivity index (χ3n) is 5.10. The average molecular weight is 348 g/mol. The first-order valence-corrected chi connectivity index (χ1v) is 8.46. The molecule has 7 heteroatoms. The Balaban J connectivity index is 1.60. The van der Waals surface area contributed by atoms with Crippen molar-refractivity contribution in [2.24, 2.45) is 5.92 Å². The van der Waals surface area contributed by atoms with Crippen molar-refractivity contribution in [2.75, 3.05) is 6.54 Å². The quantitative estimate of drug-likeness (QED) is 0.669. The van der Waals surface area contributed by atoms with Gasteiger partial charge in [-0.2, -0.15) is 0 Å². The van der Waals surface area contributed by atoms with Gasteiger partial charge in [-0.1, -0.05) is 31.9 Å². The number of imide groups is 1. The number of carbonyl (C=O) groups is 3. The highest BCUT2D eigenvalue weighted by Gasteiger charge is 2.55. The minimum Gasteiger partial charge on any atom is -0.459 e. The Morgan fingerprint density at radius 1 is 1.32 bits per heavy atom. The van der Waals surface area contributed by atoms with Crippen LogP contribution in [0.4, 0.5) is 9.18 Å². The zero-order valence-corrected chi connectivity index (χ0v) is 14.1. The normalized spacial score (nSPS) is 26.0. The van der Waals surface area contributed by atoms with Crippen molar-refractivity contribution in [3.8, 4) is 0 Å². The number of hydrogen-bond acceptors (Lipinski definition) is 4. The molecule has 1 aliphatic heterocycles. The topological polar surface area (TPSA) is 75.7 Å². The number of hydrogen-bond donors (Lipinski definition) is 1. The first-order chi connectivity index (χ1) is 11.9. The van der Waals surface area contributed by atoms with Crippen molar-refractivity contribution in [1.82, 2.24) is 10.2 Å². The molecular formula is C18H21FN2O4. The molecule has 1 heterocycles. The smallest absolute Gasteiger partial charge is 0.326 e. The molecule has 2 fully saturated rings. The molecule has 0 radical (unpaired) electrons. The molecule has 25 heavy (non-hydrogen) atoms. The first kappa shape index (κ1) is 17.4. The summed E-state index contributed by atoms with van der Waals surface area (Å²) < 4.78 is 17.9. The van der Waals surface area contributed by atoms with Crippen molar-refractivity contribution >= 4 is 17.9 Å². The summed E-state index contributed by atoms with van der Waals surface area (Å²) in [6.07, 6.45) is 3.37. The molecule has 1 aliphatic carbocycles. The van der Waals surface area contributed by atoms with Crippen LogP contribution in [-0.4, -0.2) is 34.9 Å². The van der Waals surface area contributed by atoms with Crippen LogP contribution in [0.15, 0.2) is 24.3 Å². The minimum absolute atomic E-state index is 0.0374. The Kier molecular flexibility index (Phi) is 4.74. The molecule has 0 aromatic heterocycles. The van der Waals surface area contributed by atoms with E-state index >= 15 is 0 Å². The monoisotopic (exact) mass is 348 g/mol. The standard InChI is InChI=1S/C18H21FN2O4/c1-12-4-2-3-9-18(12)16(23)21(17(24)20-18)10-15(22)25-11-13-5-7-14(19)8-6-13/h5-8,12H,2-4,9-11H2,1H3,(H,20,24)/t12-,18+/m1/s1. The molecular weight excluding hydrogens is 327 g/mol. The molecule has 1 saturated heterocycles. The Morgan fingerprint density at radius 3 is 2.72 bits per heavy atom. The van der Waals surface area contributed by atoms with Gasteiger partial charge in [-0.3, -0.25) is 14.5 Å². The maximum absolute atomic E-state index is 12.9. The molecule has 1 aromatic rings. The molecule has 134 valence electrons. The maximum atomic E-state index is 12.9. The number of nitrogens with one attached hydrogen (secondary N) is 1. The van der Waals surface area contributed by atoms with Crippen LogP contribution in [-0.2, 0) is 20.9 Å². The summed E-state index contributed by atoms with van der Waals surface area (Å²) in [6.45, 7) is 1.50. The predicted molar refractivity (Wildman–Crippen MR) is 86.8 cm³/mol. The number of urea groups is 1. The lowest BCUT2D eigenvalue weighted by molar-refractivity contribution is -0.149. The van der Waals surface area contributed by atoms with Crippen molar-refractivity contribution in [3.63, 3.8) is 0 Å². The zero-order valence-electron chi connectivity index (χ0n) is 14.1. The van der Waals surface area contributed by atoms with Crippen LogP contribution in [0.1, 0.15) is 38.2 Å². The SMILES string of the molecule is C[C@@H]1CCCC[C@]12NC(=O)N(CC(=O)OCc1ccc(F)cc1)C2=O. The van der Waals surface area contributed by atoms with E-state index in [1.54, 1.807) is 0 Å². The fourth-order valence-corrected chi connectivity index (χ4v) is 3.56. The van der Waals surface area contributed by atoms with Crippen LogP contribution in [0, 0.1) is 11.7 Å². The van der Waals surface area contributed by atoms with Crippen LogP contribution < -0.4 is 5.32 Å². The van der Waals surface area contributed by atoms with Gasteiger partial charge in [0.1, 0.15) is 24.5 Å². The highest BCUT2D eigenvalue weighted by atomic mass is 19.1. The van der Waals surface area contributed by atoms with E-state index in [1.165, 1.54) is 24.3 Å². The van der Waals surface area contributed by atoms with E-state index in [9.17, 15) is 18.8 Å². The molecule has 2 aliphatic rings. The number of rotatable bonds is 4. The van der Waals surface area contributed by atoms with E-state index in [0.717, 1.165) is 24.2 Å². The molecule has 0 bridgehead atoms. The number of carbonyl (C=O) groups excluding carboxylic acids is 3. The summed E-state index contributed by atoms with van der Waals surface area (Å²) in [5, 5.41) is 2.79. The Morgan fingerprint density at radius 2 is 2.04 bits per heavy atom. The number of benzene rings is 1. The molecule has 0 unspecified atom stereocenters. The summed E-state index contributed by atoms with van der Waals surface area (Å²) in [5.41, 5.74) is -0.253. The van der Waals surface area contributed by atoms with E-state index in [-0.39, 0.29) is 24.2 Å². The van der Waals surface area contributed by atoms with Gasteiger partial charge in [0.25, 0.3) is 5.91 Å². The lowest BCUT2D eigenvalue weighted by Crippen LogP contribution is -2.54. The number of esters is 1. The molecule has 3 rings (SSSR count). The molecule has 1 saturated carbocycles. The summed E-state index contributed by atoms with van der Waals surface area (Å²) in [7, 11) is 0. The summed E-state index contributed by atoms with van der Waals surface area (Å²) >= 11 is 0. The lowest BCUT2D eigenvalue weighted by Gasteiger charge is -2.36. The molecule has 1 aromatic carbocycles. The van der Waals surface area contributed by atoms with Crippen LogP contribution >= 0.6 is 0 Å². The van der Waals surface area contributed by atoms with Crippen LogP contribution in [0.3, 0.4) is 0 Å². The summed E-state index contributed by atoms with van der Waals surface area (Å²) in [4.78, 5) is 37.9.